The lowest BCUT2D eigenvalue weighted by atomic mass is 9.71. The second kappa shape index (κ2) is 9.32. The molecule has 6 rings (SSSR count). The van der Waals surface area contributed by atoms with E-state index in [-0.39, 0.29) is 35.5 Å². The van der Waals surface area contributed by atoms with Crippen LogP contribution in [0.3, 0.4) is 0 Å². The predicted molar refractivity (Wildman–Crippen MR) is 138 cm³/mol. The van der Waals surface area contributed by atoms with Gasteiger partial charge < -0.3 is 14.7 Å². The summed E-state index contributed by atoms with van der Waals surface area (Å²) in [5, 5.41) is 2.37. The maximum Gasteiger partial charge on any atom is 0.255 e. The number of nitrogens with zero attached hydrogens (tertiary/aromatic N) is 3. The van der Waals surface area contributed by atoms with E-state index < -0.39 is 6.04 Å². The largest absolute Gasteiger partial charge is 0.370 e. The number of anilines is 1. The van der Waals surface area contributed by atoms with Crippen molar-refractivity contribution in [3.8, 4) is 0 Å². The SMILES string of the molecule is O=C1CCC(N2Cc3c(cccc3N3CC4(CCN(C(=O)CCc5ccccc5)CC4)C3)C2=O)C(=O)N1. The van der Waals surface area contributed by atoms with Crippen LogP contribution in [0.1, 0.15) is 53.6 Å². The van der Waals surface area contributed by atoms with E-state index >= 15 is 0 Å². The Morgan fingerprint density at radius 1 is 0.973 bits per heavy atom. The van der Waals surface area contributed by atoms with Crippen molar-refractivity contribution in [3.05, 3.63) is 65.2 Å². The molecular weight excluding hydrogens is 468 g/mol. The van der Waals surface area contributed by atoms with Crippen molar-refractivity contribution in [3.63, 3.8) is 0 Å². The Balaban J connectivity index is 1.06. The Morgan fingerprint density at radius 2 is 1.73 bits per heavy atom. The minimum Gasteiger partial charge on any atom is -0.370 e. The van der Waals surface area contributed by atoms with Crippen molar-refractivity contribution in [2.45, 2.75) is 51.1 Å². The van der Waals surface area contributed by atoms with Crippen molar-refractivity contribution >= 4 is 29.3 Å². The molecule has 3 fully saturated rings. The third-order valence-electron chi connectivity index (χ3n) is 8.60. The van der Waals surface area contributed by atoms with Crippen LogP contribution in [-0.4, -0.2) is 65.6 Å². The molecule has 192 valence electrons. The van der Waals surface area contributed by atoms with Gasteiger partial charge in [0.1, 0.15) is 6.04 Å². The van der Waals surface area contributed by atoms with Gasteiger partial charge in [-0.15, -0.1) is 0 Å². The van der Waals surface area contributed by atoms with Crippen LogP contribution in [-0.2, 0) is 27.3 Å². The van der Waals surface area contributed by atoms with Gasteiger partial charge in [0, 0.05) is 67.8 Å². The Labute approximate surface area is 216 Å². The Hall–Kier alpha value is -3.68. The van der Waals surface area contributed by atoms with E-state index in [0.717, 1.165) is 56.7 Å². The van der Waals surface area contributed by atoms with Crippen LogP contribution in [0.5, 0.6) is 0 Å². The Kier molecular flexibility index (Phi) is 5.97. The minimum absolute atomic E-state index is 0.135. The van der Waals surface area contributed by atoms with Gasteiger partial charge in [-0.05, 0) is 43.4 Å². The molecule has 37 heavy (non-hydrogen) atoms. The first kappa shape index (κ1) is 23.7. The monoisotopic (exact) mass is 500 g/mol. The first-order valence-corrected chi connectivity index (χ1v) is 13.3. The highest BCUT2D eigenvalue weighted by atomic mass is 16.2. The number of carbonyl (C=O) groups excluding carboxylic acids is 4. The van der Waals surface area contributed by atoms with Crippen molar-refractivity contribution in [1.82, 2.24) is 15.1 Å². The fraction of sp³-hybridized carbons (Fsp3) is 0.448. The molecule has 3 saturated heterocycles. The molecule has 8 heteroatoms. The van der Waals surface area contributed by atoms with Crippen molar-refractivity contribution < 1.29 is 19.2 Å². The second-order valence-electron chi connectivity index (χ2n) is 10.9. The van der Waals surface area contributed by atoms with Gasteiger partial charge in [0.2, 0.25) is 17.7 Å². The molecule has 8 nitrogen and oxygen atoms in total. The maximum atomic E-state index is 13.1. The summed E-state index contributed by atoms with van der Waals surface area (Å²) in [5.41, 5.74) is 4.10. The number of nitrogens with one attached hydrogen (secondary N) is 1. The highest BCUT2D eigenvalue weighted by Gasteiger charge is 2.47. The molecule has 2 aromatic rings. The van der Waals surface area contributed by atoms with Gasteiger partial charge >= 0.3 is 0 Å². The number of hydrogen-bond acceptors (Lipinski definition) is 5. The summed E-state index contributed by atoms with van der Waals surface area (Å²) < 4.78 is 0. The fourth-order valence-corrected chi connectivity index (χ4v) is 6.40. The first-order chi connectivity index (χ1) is 17.9. The lowest BCUT2D eigenvalue weighted by Gasteiger charge is -2.55. The zero-order chi connectivity index (χ0) is 25.6. The summed E-state index contributed by atoms with van der Waals surface area (Å²) in [4.78, 5) is 55.9. The number of hydrogen-bond donors (Lipinski definition) is 1. The lowest BCUT2D eigenvalue weighted by Crippen LogP contribution is -2.61. The van der Waals surface area contributed by atoms with E-state index in [0.29, 0.717) is 24.9 Å². The summed E-state index contributed by atoms with van der Waals surface area (Å²) >= 11 is 0. The summed E-state index contributed by atoms with van der Waals surface area (Å²) in [5.74, 6) is -0.556. The maximum absolute atomic E-state index is 13.1. The van der Waals surface area contributed by atoms with E-state index in [1.165, 1.54) is 5.56 Å². The molecule has 0 saturated carbocycles. The van der Waals surface area contributed by atoms with Crippen molar-refractivity contribution in [1.29, 1.82) is 0 Å². The average Bonchev–Trinajstić information content (AvgIpc) is 3.23. The molecule has 0 aromatic heterocycles. The number of benzene rings is 2. The molecule has 0 radical (unpaired) electrons. The minimum atomic E-state index is -0.600. The van der Waals surface area contributed by atoms with Gasteiger partial charge in [-0.3, -0.25) is 24.5 Å². The third-order valence-corrected chi connectivity index (χ3v) is 8.60. The zero-order valence-electron chi connectivity index (χ0n) is 20.9. The number of imide groups is 1. The highest BCUT2D eigenvalue weighted by molar-refractivity contribution is 6.06. The number of likely N-dealkylation sites (tertiary alicyclic amines) is 1. The number of amides is 4. The number of aryl methyl sites for hydroxylation is 1. The third kappa shape index (κ3) is 4.38. The van der Waals surface area contributed by atoms with E-state index in [9.17, 15) is 19.2 Å². The number of fused-ring (bicyclic) bond motifs is 1. The smallest absolute Gasteiger partial charge is 0.255 e. The number of piperidine rings is 2. The zero-order valence-corrected chi connectivity index (χ0v) is 20.9. The van der Waals surface area contributed by atoms with Gasteiger partial charge in [0.05, 0.1) is 0 Å². The Bertz CT molecular complexity index is 1240. The van der Waals surface area contributed by atoms with Crippen molar-refractivity contribution in [2.75, 3.05) is 31.1 Å². The van der Waals surface area contributed by atoms with Gasteiger partial charge in [-0.2, -0.15) is 0 Å². The predicted octanol–water partition coefficient (Wildman–Crippen LogP) is 2.51. The molecule has 1 atom stereocenters. The molecule has 0 aliphatic carbocycles. The molecule has 4 amide bonds. The van der Waals surface area contributed by atoms with Crippen LogP contribution in [0.2, 0.25) is 0 Å². The normalized spacial score (nSPS) is 22.6. The van der Waals surface area contributed by atoms with Crippen LogP contribution in [0.25, 0.3) is 0 Å². The van der Waals surface area contributed by atoms with Gasteiger partial charge in [0.25, 0.3) is 5.91 Å². The molecule has 4 aliphatic heterocycles. The average molecular weight is 501 g/mol. The van der Waals surface area contributed by atoms with Gasteiger partial charge in [-0.1, -0.05) is 36.4 Å². The van der Waals surface area contributed by atoms with E-state index in [4.69, 9.17) is 0 Å². The van der Waals surface area contributed by atoms with Crippen LogP contribution >= 0.6 is 0 Å². The molecule has 0 bridgehead atoms. The number of rotatable bonds is 5. The highest BCUT2D eigenvalue weighted by Crippen LogP contribution is 2.45. The number of carbonyl (C=O) groups is 4. The molecule has 1 spiro atoms. The van der Waals surface area contributed by atoms with E-state index in [2.05, 4.69) is 28.4 Å². The van der Waals surface area contributed by atoms with Crippen LogP contribution in [0, 0.1) is 5.41 Å². The van der Waals surface area contributed by atoms with Crippen LogP contribution in [0.15, 0.2) is 48.5 Å². The summed E-state index contributed by atoms with van der Waals surface area (Å²) in [6.45, 7) is 3.83. The first-order valence-electron chi connectivity index (χ1n) is 13.3. The summed E-state index contributed by atoms with van der Waals surface area (Å²) in [7, 11) is 0. The molecule has 2 aromatic carbocycles. The Morgan fingerprint density at radius 3 is 2.46 bits per heavy atom. The van der Waals surface area contributed by atoms with Crippen LogP contribution < -0.4 is 10.2 Å². The van der Waals surface area contributed by atoms with Crippen LogP contribution in [0.4, 0.5) is 5.69 Å². The van der Waals surface area contributed by atoms with E-state index in [1.807, 2.05) is 35.2 Å². The van der Waals surface area contributed by atoms with Gasteiger partial charge in [-0.25, -0.2) is 0 Å². The fourth-order valence-electron chi connectivity index (χ4n) is 6.40. The molecular formula is C29H32N4O4. The summed E-state index contributed by atoms with van der Waals surface area (Å²) in [6.07, 6.45) is 3.95. The topological polar surface area (TPSA) is 90.0 Å². The molecule has 4 heterocycles. The van der Waals surface area contributed by atoms with Crippen molar-refractivity contribution in [2.24, 2.45) is 5.41 Å². The standard InChI is InChI=1S/C29H32N4O4/c34-25-11-10-24(27(36)30-25)33-17-22-21(28(33)37)7-4-8-23(22)32-18-29(19-32)13-15-31(16-14-29)26(35)12-9-20-5-2-1-3-6-20/h1-8,24H,9-19H2,(H,30,34,36). The van der Waals surface area contributed by atoms with Gasteiger partial charge in [0.15, 0.2) is 0 Å². The molecule has 4 aliphatic rings. The summed E-state index contributed by atoms with van der Waals surface area (Å²) in [6, 6.07) is 15.4. The lowest BCUT2D eigenvalue weighted by molar-refractivity contribution is -0.137. The molecule has 1 N–H and O–H groups in total. The second-order valence-corrected chi connectivity index (χ2v) is 10.9. The van der Waals surface area contributed by atoms with E-state index in [1.54, 1.807) is 4.90 Å². The molecule has 1 unspecified atom stereocenters. The quantitative estimate of drug-likeness (QED) is 0.638.